The van der Waals surface area contributed by atoms with Gasteiger partial charge in [-0.25, -0.2) is 4.39 Å². The fraction of sp³-hybridized carbons (Fsp3) is 0.211. The number of benzene rings is 2. The van der Waals surface area contributed by atoms with Gasteiger partial charge in [-0.1, -0.05) is 6.07 Å². The molecule has 2 aliphatic heterocycles. The van der Waals surface area contributed by atoms with Crippen LogP contribution in [0.4, 0.5) is 4.39 Å². The molecule has 0 amide bonds. The van der Waals surface area contributed by atoms with Crippen LogP contribution in [0.15, 0.2) is 42.5 Å². The summed E-state index contributed by atoms with van der Waals surface area (Å²) in [5.74, 6) is 1.58. The van der Waals surface area contributed by atoms with Gasteiger partial charge in [0.2, 0.25) is 0 Å². The molecule has 1 atom stereocenters. The summed E-state index contributed by atoms with van der Waals surface area (Å²) in [7, 11) is 0. The Morgan fingerprint density at radius 2 is 1.85 bits per heavy atom. The van der Waals surface area contributed by atoms with Crippen molar-refractivity contribution in [1.29, 1.82) is 0 Å². The van der Waals surface area contributed by atoms with E-state index in [0.717, 1.165) is 12.0 Å². The molecule has 4 N–H and O–H groups in total. The molecule has 0 saturated heterocycles. The Kier molecular flexibility index (Phi) is 4.72. The van der Waals surface area contributed by atoms with Gasteiger partial charge in [-0.2, -0.15) is 0 Å². The fourth-order valence-electron chi connectivity index (χ4n) is 2.99. The van der Waals surface area contributed by atoms with E-state index in [-0.39, 0.29) is 10.9 Å². The van der Waals surface area contributed by atoms with E-state index in [2.05, 4.69) is 10.9 Å². The molecule has 0 saturated carbocycles. The van der Waals surface area contributed by atoms with Crippen LogP contribution < -0.4 is 30.8 Å². The Labute approximate surface area is 161 Å². The van der Waals surface area contributed by atoms with E-state index >= 15 is 0 Å². The third-order valence-electron chi connectivity index (χ3n) is 4.22. The smallest absolute Gasteiger partial charge is 0.182 e. The van der Waals surface area contributed by atoms with E-state index < -0.39 is 6.10 Å². The Bertz CT molecular complexity index is 919. The lowest BCUT2D eigenvalue weighted by molar-refractivity contribution is 0.248. The Hall–Kier alpha value is -3.00. The Morgan fingerprint density at radius 1 is 1.07 bits per heavy atom. The van der Waals surface area contributed by atoms with Crippen molar-refractivity contribution in [2.75, 3.05) is 13.2 Å². The van der Waals surface area contributed by atoms with Gasteiger partial charge in [0.25, 0.3) is 0 Å². The monoisotopic (exact) mass is 387 g/mol. The van der Waals surface area contributed by atoms with Crippen molar-refractivity contribution >= 4 is 23.0 Å². The minimum absolute atomic E-state index is 0.0764. The average Bonchev–Trinajstić information content (AvgIpc) is 2.90. The molecule has 4 rings (SSSR count). The van der Waals surface area contributed by atoms with Gasteiger partial charge in [0.05, 0.1) is 18.9 Å². The number of ether oxygens (including phenoxy) is 3. The Morgan fingerprint density at radius 3 is 2.67 bits per heavy atom. The molecule has 2 aromatic rings. The van der Waals surface area contributed by atoms with E-state index in [1.807, 2.05) is 24.3 Å². The topological polar surface area (TPSA) is 77.8 Å². The second kappa shape index (κ2) is 7.32. The first kappa shape index (κ1) is 17.4. The van der Waals surface area contributed by atoms with E-state index in [0.29, 0.717) is 41.7 Å². The van der Waals surface area contributed by atoms with Crippen molar-refractivity contribution in [2.24, 2.45) is 5.73 Å². The van der Waals surface area contributed by atoms with Gasteiger partial charge < -0.3 is 19.9 Å². The van der Waals surface area contributed by atoms with Crippen LogP contribution in [0.2, 0.25) is 0 Å². The highest BCUT2D eigenvalue weighted by atomic mass is 32.1. The molecule has 0 bridgehead atoms. The summed E-state index contributed by atoms with van der Waals surface area (Å²) >= 11 is 4.83. The van der Waals surface area contributed by atoms with Gasteiger partial charge in [-0.05, 0) is 48.6 Å². The van der Waals surface area contributed by atoms with Crippen LogP contribution in [0.1, 0.15) is 23.7 Å². The molecular formula is C19H18FN3O3S. The molecule has 0 radical (unpaired) electrons. The highest BCUT2D eigenvalue weighted by Gasteiger charge is 2.24. The largest absolute Gasteiger partial charge is 0.490 e. The zero-order valence-electron chi connectivity index (χ0n) is 14.3. The third kappa shape index (κ3) is 3.75. The van der Waals surface area contributed by atoms with Gasteiger partial charge in [0.1, 0.15) is 17.7 Å². The van der Waals surface area contributed by atoms with Crippen molar-refractivity contribution in [3.8, 4) is 17.2 Å². The number of fused-ring (bicyclic) bond motifs is 2. The molecule has 0 aromatic heterocycles. The number of nitrogens with two attached hydrogens (primary N) is 1. The molecule has 140 valence electrons. The summed E-state index contributed by atoms with van der Waals surface area (Å²) in [5, 5.41) is 0.0764. The number of thiocarbonyl (C=S) groups is 1. The number of hydrogen-bond donors (Lipinski definition) is 3. The normalized spacial score (nSPS) is 17.7. The SMILES string of the molecule is NC(=S)NNC1=C[C@H](c2ccc3c(c2)OCCCO3)Oc2ccc(F)cc21. The van der Waals surface area contributed by atoms with Crippen LogP contribution in [0.3, 0.4) is 0 Å². The van der Waals surface area contributed by atoms with Gasteiger partial charge >= 0.3 is 0 Å². The molecule has 0 unspecified atom stereocenters. The lowest BCUT2D eigenvalue weighted by Gasteiger charge is -2.27. The molecule has 2 heterocycles. The molecule has 6 nitrogen and oxygen atoms in total. The fourth-order valence-corrected chi connectivity index (χ4v) is 3.04. The maximum Gasteiger partial charge on any atom is 0.182 e. The number of halogens is 1. The van der Waals surface area contributed by atoms with E-state index in [1.165, 1.54) is 12.1 Å². The van der Waals surface area contributed by atoms with Crippen molar-refractivity contribution in [3.05, 3.63) is 59.4 Å². The van der Waals surface area contributed by atoms with Gasteiger partial charge in [-0.15, -0.1) is 0 Å². The molecule has 0 aliphatic carbocycles. The van der Waals surface area contributed by atoms with E-state index in [4.69, 9.17) is 32.2 Å². The van der Waals surface area contributed by atoms with Crippen molar-refractivity contribution in [1.82, 2.24) is 10.9 Å². The molecule has 0 spiro atoms. The van der Waals surface area contributed by atoms with Crippen LogP contribution in [0.25, 0.3) is 5.70 Å². The second-order valence-electron chi connectivity index (χ2n) is 6.13. The molecule has 2 aromatic carbocycles. The summed E-state index contributed by atoms with van der Waals surface area (Å²) in [4.78, 5) is 0. The predicted octanol–water partition coefficient (Wildman–Crippen LogP) is 2.80. The molecule has 27 heavy (non-hydrogen) atoms. The quantitative estimate of drug-likeness (QED) is 0.552. The minimum atomic E-state index is -0.407. The number of rotatable bonds is 3. The molecule has 0 fully saturated rings. The molecule has 2 aliphatic rings. The summed E-state index contributed by atoms with van der Waals surface area (Å²) in [6, 6.07) is 10.0. The predicted molar refractivity (Wildman–Crippen MR) is 103 cm³/mol. The van der Waals surface area contributed by atoms with E-state index in [1.54, 1.807) is 6.07 Å². The van der Waals surface area contributed by atoms with Crippen LogP contribution in [0, 0.1) is 5.82 Å². The third-order valence-corrected chi connectivity index (χ3v) is 4.33. The first-order valence-electron chi connectivity index (χ1n) is 8.49. The summed E-state index contributed by atoms with van der Waals surface area (Å²) in [6.45, 7) is 1.23. The average molecular weight is 387 g/mol. The highest BCUT2D eigenvalue weighted by Crippen LogP contribution is 2.39. The lowest BCUT2D eigenvalue weighted by atomic mass is 10.0. The first-order valence-corrected chi connectivity index (χ1v) is 8.90. The Balaban J connectivity index is 1.69. The molecular weight excluding hydrogens is 369 g/mol. The highest BCUT2D eigenvalue weighted by molar-refractivity contribution is 7.80. The minimum Gasteiger partial charge on any atom is -0.490 e. The van der Waals surface area contributed by atoms with Gasteiger partial charge in [-0.3, -0.25) is 10.9 Å². The zero-order chi connectivity index (χ0) is 18.8. The van der Waals surface area contributed by atoms with Crippen molar-refractivity contribution < 1.29 is 18.6 Å². The van der Waals surface area contributed by atoms with Crippen LogP contribution in [0.5, 0.6) is 17.2 Å². The van der Waals surface area contributed by atoms with Crippen LogP contribution >= 0.6 is 12.2 Å². The first-order chi connectivity index (χ1) is 13.1. The number of nitrogens with one attached hydrogen (secondary N) is 2. The number of hydrogen-bond acceptors (Lipinski definition) is 5. The second-order valence-corrected chi connectivity index (χ2v) is 6.57. The maximum atomic E-state index is 13.7. The lowest BCUT2D eigenvalue weighted by Crippen LogP contribution is -2.40. The van der Waals surface area contributed by atoms with Crippen LogP contribution in [-0.2, 0) is 0 Å². The molecule has 8 heteroatoms. The van der Waals surface area contributed by atoms with Gasteiger partial charge in [0, 0.05) is 17.5 Å². The van der Waals surface area contributed by atoms with E-state index in [9.17, 15) is 4.39 Å². The summed E-state index contributed by atoms with van der Waals surface area (Å²) in [6.07, 6.45) is 2.25. The summed E-state index contributed by atoms with van der Waals surface area (Å²) in [5.41, 5.74) is 13.1. The zero-order valence-corrected chi connectivity index (χ0v) is 15.1. The number of hydrazine groups is 1. The standard InChI is InChI=1S/C19H18FN3O3S/c20-12-3-5-15-13(9-12)14(22-23-19(21)27)10-17(26-15)11-2-4-16-18(8-11)25-7-1-6-24-16/h2-5,8-10,17,22H,1,6-7H2,(H3,21,23,27)/t17-/m1/s1. The maximum absolute atomic E-state index is 13.7. The van der Waals surface area contributed by atoms with Crippen molar-refractivity contribution in [3.63, 3.8) is 0 Å². The van der Waals surface area contributed by atoms with Crippen LogP contribution in [-0.4, -0.2) is 18.3 Å². The summed E-state index contributed by atoms with van der Waals surface area (Å²) < 4.78 is 31.2. The van der Waals surface area contributed by atoms with Gasteiger partial charge in [0.15, 0.2) is 16.6 Å². The van der Waals surface area contributed by atoms with Crippen molar-refractivity contribution in [2.45, 2.75) is 12.5 Å².